The lowest BCUT2D eigenvalue weighted by Gasteiger charge is -2.25. The maximum atomic E-state index is 13.1. The van der Waals surface area contributed by atoms with E-state index in [1.54, 1.807) is 20.8 Å². The van der Waals surface area contributed by atoms with Crippen molar-refractivity contribution < 1.29 is 18.8 Å². The largest absolute Gasteiger partial charge is 0.352 e. The van der Waals surface area contributed by atoms with Crippen LogP contribution in [0.2, 0.25) is 0 Å². The minimum atomic E-state index is -1.26. The molecule has 23 heavy (non-hydrogen) atoms. The summed E-state index contributed by atoms with van der Waals surface area (Å²) in [5, 5.41) is 5.29. The first-order chi connectivity index (χ1) is 10.8. The number of urea groups is 1. The van der Waals surface area contributed by atoms with E-state index < -0.39 is 29.2 Å². The second-order valence-electron chi connectivity index (χ2n) is 5.81. The van der Waals surface area contributed by atoms with Crippen LogP contribution in [0.3, 0.4) is 0 Å². The lowest BCUT2D eigenvalue weighted by Crippen LogP contribution is -2.45. The van der Waals surface area contributed by atoms with Gasteiger partial charge in [0.2, 0.25) is 5.91 Å². The van der Waals surface area contributed by atoms with E-state index >= 15 is 0 Å². The summed E-state index contributed by atoms with van der Waals surface area (Å²) >= 11 is 0. The Hall–Kier alpha value is -2.44. The van der Waals surface area contributed by atoms with Crippen molar-refractivity contribution in [2.75, 3.05) is 6.54 Å². The van der Waals surface area contributed by atoms with Crippen LogP contribution >= 0.6 is 0 Å². The maximum Gasteiger partial charge on any atom is 0.325 e. The molecule has 4 amide bonds. The summed E-state index contributed by atoms with van der Waals surface area (Å²) in [6, 6.07) is 4.70. The van der Waals surface area contributed by atoms with Crippen LogP contribution in [0.1, 0.15) is 32.8 Å². The van der Waals surface area contributed by atoms with E-state index in [1.807, 2.05) is 0 Å². The van der Waals surface area contributed by atoms with E-state index in [-0.39, 0.29) is 12.6 Å². The molecule has 1 unspecified atom stereocenters. The molecule has 1 aromatic carbocycles. The molecular formula is C16H20FN3O3. The number of hydrogen-bond acceptors (Lipinski definition) is 3. The Morgan fingerprint density at radius 1 is 1.30 bits per heavy atom. The molecule has 6 nitrogen and oxygen atoms in total. The molecule has 1 aliphatic heterocycles. The summed E-state index contributed by atoms with van der Waals surface area (Å²) in [4.78, 5) is 37.6. The average Bonchev–Trinajstić information content (AvgIpc) is 2.72. The number of amides is 4. The van der Waals surface area contributed by atoms with Crippen molar-refractivity contribution in [3.63, 3.8) is 0 Å². The molecule has 2 N–H and O–H groups in total. The van der Waals surface area contributed by atoms with Gasteiger partial charge in [0.25, 0.3) is 5.91 Å². The monoisotopic (exact) mass is 321 g/mol. The van der Waals surface area contributed by atoms with Crippen LogP contribution in [0.25, 0.3) is 0 Å². The highest BCUT2D eigenvalue weighted by Gasteiger charge is 2.51. The predicted molar refractivity (Wildman–Crippen MR) is 81.9 cm³/mol. The van der Waals surface area contributed by atoms with E-state index in [1.165, 1.54) is 24.3 Å². The average molecular weight is 321 g/mol. The van der Waals surface area contributed by atoms with Gasteiger partial charge in [-0.2, -0.15) is 0 Å². The minimum Gasteiger partial charge on any atom is -0.352 e. The van der Waals surface area contributed by atoms with Gasteiger partial charge in [-0.3, -0.25) is 14.5 Å². The Kier molecular flexibility index (Phi) is 4.68. The van der Waals surface area contributed by atoms with E-state index in [4.69, 9.17) is 0 Å². The van der Waals surface area contributed by atoms with Crippen LogP contribution in [0.5, 0.6) is 0 Å². The van der Waals surface area contributed by atoms with Gasteiger partial charge in [-0.1, -0.05) is 19.1 Å². The molecule has 0 spiro atoms. The van der Waals surface area contributed by atoms with E-state index in [9.17, 15) is 18.8 Å². The van der Waals surface area contributed by atoms with E-state index in [2.05, 4.69) is 10.6 Å². The number of imide groups is 1. The lowest BCUT2D eigenvalue weighted by molar-refractivity contribution is -0.135. The summed E-state index contributed by atoms with van der Waals surface area (Å²) in [7, 11) is 0. The molecule has 0 aromatic heterocycles. The Morgan fingerprint density at radius 2 is 1.91 bits per heavy atom. The standard InChI is InChI=1S/C16H20FN3O3/c1-4-16(11-5-7-12(17)8-6-11)14(22)20(15(23)19-16)9-13(21)18-10(2)3/h5-8,10H,4,9H2,1-3H3,(H,18,21)(H,19,23). The van der Waals surface area contributed by atoms with Crippen LogP contribution < -0.4 is 10.6 Å². The number of carbonyl (C=O) groups is 3. The molecule has 0 radical (unpaired) electrons. The highest BCUT2D eigenvalue weighted by molar-refractivity contribution is 6.09. The first-order valence-corrected chi connectivity index (χ1v) is 7.49. The molecule has 1 atom stereocenters. The van der Waals surface area contributed by atoms with Crippen molar-refractivity contribution in [3.05, 3.63) is 35.6 Å². The molecule has 1 aliphatic rings. The number of nitrogens with one attached hydrogen (secondary N) is 2. The van der Waals surface area contributed by atoms with Gasteiger partial charge in [0.1, 0.15) is 17.9 Å². The number of rotatable bonds is 5. The van der Waals surface area contributed by atoms with Crippen LogP contribution in [-0.2, 0) is 15.1 Å². The molecule has 1 saturated heterocycles. The van der Waals surface area contributed by atoms with Gasteiger partial charge in [-0.15, -0.1) is 0 Å². The first kappa shape index (κ1) is 16.9. The molecule has 124 valence electrons. The van der Waals surface area contributed by atoms with Crippen molar-refractivity contribution in [2.24, 2.45) is 0 Å². The van der Waals surface area contributed by atoms with Gasteiger partial charge in [0.15, 0.2) is 0 Å². The van der Waals surface area contributed by atoms with Gasteiger partial charge in [-0.25, -0.2) is 9.18 Å². The van der Waals surface area contributed by atoms with Gasteiger partial charge in [0, 0.05) is 6.04 Å². The van der Waals surface area contributed by atoms with E-state index in [0.29, 0.717) is 12.0 Å². The van der Waals surface area contributed by atoms with Crippen LogP contribution in [0, 0.1) is 5.82 Å². The number of hydrogen-bond donors (Lipinski definition) is 2. The number of benzene rings is 1. The molecule has 1 fully saturated rings. The molecule has 1 heterocycles. The SMILES string of the molecule is CCC1(c2ccc(F)cc2)NC(=O)N(CC(=O)NC(C)C)C1=O. The Balaban J connectivity index is 2.27. The topological polar surface area (TPSA) is 78.5 Å². The normalized spacial score (nSPS) is 20.8. The van der Waals surface area contributed by atoms with Gasteiger partial charge in [0.05, 0.1) is 0 Å². The highest BCUT2D eigenvalue weighted by atomic mass is 19.1. The van der Waals surface area contributed by atoms with Gasteiger partial charge < -0.3 is 10.6 Å². The number of nitrogens with zero attached hydrogens (tertiary/aromatic N) is 1. The fourth-order valence-corrected chi connectivity index (χ4v) is 2.65. The Bertz CT molecular complexity index is 630. The van der Waals surface area contributed by atoms with Crippen LogP contribution in [0.4, 0.5) is 9.18 Å². The molecule has 0 aliphatic carbocycles. The van der Waals surface area contributed by atoms with Crippen LogP contribution in [0.15, 0.2) is 24.3 Å². The molecule has 1 aromatic rings. The van der Waals surface area contributed by atoms with Gasteiger partial charge >= 0.3 is 6.03 Å². The minimum absolute atomic E-state index is 0.0868. The van der Waals surface area contributed by atoms with Crippen molar-refractivity contribution in [1.82, 2.24) is 15.5 Å². The fraction of sp³-hybridized carbons (Fsp3) is 0.438. The molecule has 0 saturated carbocycles. The fourth-order valence-electron chi connectivity index (χ4n) is 2.65. The summed E-state index contributed by atoms with van der Waals surface area (Å²) in [6.07, 6.45) is 0.297. The Morgan fingerprint density at radius 3 is 2.43 bits per heavy atom. The maximum absolute atomic E-state index is 13.1. The second-order valence-corrected chi connectivity index (χ2v) is 5.81. The summed E-state index contributed by atoms with van der Waals surface area (Å²) in [5.74, 6) is -1.34. The Labute approximate surface area is 134 Å². The predicted octanol–water partition coefficient (Wildman–Crippen LogP) is 1.51. The van der Waals surface area contributed by atoms with Crippen molar-refractivity contribution in [1.29, 1.82) is 0 Å². The third kappa shape index (κ3) is 3.18. The third-order valence-corrected chi connectivity index (χ3v) is 3.79. The number of halogens is 1. The first-order valence-electron chi connectivity index (χ1n) is 7.49. The van der Waals surface area contributed by atoms with E-state index in [0.717, 1.165) is 4.90 Å². The van der Waals surface area contributed by atoms with Crippen molar-refractivity contribution in [3.8, 4) is 0 Å². The van der Waals surface area contributed by atoms with Crippen molar-refractivity contribution in [2.45, 2.75) is 38.8 Å². The smallest absolute Gasteiger partial charge is 0.325 e. The summed E-state index contributed by atoms with van der Waals surface area (Å²) in [6.45, 7) is 4.99. The molecule has 2 rings (SSSR count). The zero-order chi connectivity index (χ0) is 17.2. The summed E-state index contributed by atoms with van der Waals surface area (Å²) in [5.41, 5.74) is -0.769. The quantitative estimate of drug-likeness (QED) is 0.807. The second kappa shape index (κ2) is 6.36. The molecule has 0 bridgehead atoms. The highest BCUT2D eigenvalue weighted by Crippen LogP contribution is 2.32. The molecule has 7 heteroatoms. The zero-order valence-corrected chi connectivity index (χ0v) is 13.4. The van der Waals surface area contributed by atoms with Gasteiger partial charge in [-0.05, 0) is 38.0 Å². The van der Waals surface area contributed by atoms with Crippen LogP contribution in [-0.4, -0.2) is 35.3 Å². The zero-order valence-electron chi connectivity index (χ0n) is 13.4. The number of carbonyl (C=O) groups excluding carboxylic acids is 3. The molecular weight excluding hydrogens is 301 g/mol. The summed E-state index contributed by atoms with van der Waals surface area (Å²) < 4.78 is 13.1. The lowest BCUT2D eigenvalue weighted by atomic mass is 9.87. The third-order valence-electron chi connectivity index (χ3n) is 3.79. The van der Waals surface area contributed by atoms with Crippen molar-refractivity contribution >= 4 is 17.8 Å².